The van der Waals surface area contributed by atoms with E-state index in [0.29, 0.717) is 18.9 Å². The van der Waals surface area contributed by atoms with Gasteiger partial charge in [-0.25, -0.2) is 0 Å². The Balaban J connectivity index is 2.28. The monoisotopic (exact) mass is 288 g/mol. The van der Waals surface area contributed by atoms with Crippen molar-refractivity contribution < 1.29 is 9.59 Å². The van der Waals surface area contributed by atoms with Crippen molar-refractivity contribution in [2.24, 2.45) is 5.92 Å². The minimum atomic E-state index is -0.550. The van der Waals surface area contributed by atoms with Crippen molar-refractivity contribution in [3.05, 3.63) is 35.9 Å². The molecule has 0 radical (unpaired) electrons. The highest BCUT2D eigenvalue weighted by atomic mass is 16.2. The number of hydrogen-bond donors (Lipinski definition) is 1. The van der Waals surface area contributed by atoms with Gasteiger partial charge < -0.3 is 10.2 Å². The summed E-state index contributed by atoms with van der Waals surface area (Å²) in [6, 6.07) is 8.58. The zero-order chi connectivity index (χ0) is 15.4. The highest BCUT2D eigenvalue weighted by molar-refractivity contribution is 5.97. The van der Waals surface area contributed by atoms with E-state index in [-0.39, 0.29) is 17.9 Å². The third kappa shape index (κ3) is 3.43. The molecule has 1 heterocycles. The average molecular weight is 288 g/mol. The van der Waals surface area contributed by atoms with E-state index in [0.717, 1.165) is 12.0 Å². The van der Waals surface area contributed by atoms with Gasteiger partial charge in [-0.1, -0.05) is 57.5 Å². The molecule has 1 N–H and O–H groups in total. The first-order valence-corrected chi connectivity index (χ1v) is 7.70. The van der Waals surface area contributed by atoms with Crippen LogP contribution in [-0.2, 0) is 9.59 Å². The normalized spacial score (nSPS) is 22.6. The second-order valence-corrected chi connectivity index (χ2v) is 6.04. The highest BCUT2D eigenvalue weighted by Gasteiger charge is 2.40. The fraction of sp³-hybridized carbons (Fsp3) is 0.529. The van der Waals surface area contributed by atoms with E-state index in [2.05, 4.69) is 19.2 Å². The van der Waals surface area contributed by atoms with Crippen molar-refractivity contribution in [1.29, 1.82) is 0 Å². The van der Waals surface area contributed by atoms with Crippen LogP contribution in [0.1, 0.15) is 45.2 Å². The summed E-state index contributed by atoms with van der Waals surface area (Å²) >= 11 is 0. The van der Waals surface area contributed by atoms with Gasteiger partial charge in [0, 0.05) is 6.54 Å². The zero-order valence-corrected chi connectivity index (χ0v) is 13.0. The van der Waals surface area contributed by atoms with Gasteiger partial charge in [0.25, 0.3) is 0 Å². The van der Waals surface area contributed by atoms with Crippen LogP contribution < -0.4 is 5.32 Å². The summed E-state index contributed by atoms with van der Waals surface area (Å²) in [4.78, 5) is 27.0. The van der Waals surface area contributed by atoms with Crippen LogP contribution >= 0.6 is 0 Å². The number of amides is 2. The first kappa shape index (κ1) is 15.5. The third-order valence-electron chi connectivity index (χ3n) is 3.75. The Labute approximate surface area is 126 Å². The molecule has 4 heteroatoms. The molecule has 0 aromatic heterocycles. The van der Waals surface area contributed by atoms with Gasteiger partial charge in [-0.05, 0) is 17.9 Å². The standard InChI is InChI=1S/C17H24N2O2/c1-4-8-14-16(20)18-15(13-9-6-5-7-10-13)17(21)19(14)11-12(2)3/h5-7,9-10,12,14-15H,4,8,11H2,1-3H3,(H,18,20). The molecule has 2 rings (SSSR count). The van der Waals surface area contributed by atoms with E-state index in [9.17, 15) is 9.59 Å². The van der Waals surface area contributed by atoms with Gasteiger partial charge in [0.05, 0.1) is 0 Å². The molecule has 1 fully saturated rings. The molecule has 1 aliphatic rings. The number of carbonyl (C=O) groups is 2. The molecule has 114 valence electrons. The maximum atomic E-state index is 12.8. The van der Waals surface area contributed by atoms with Crippen molar-refractivity contribution >= 4 is 11.8 Å². The van der Waals surface area contributed by atoms with Crippen LogP contribution in [0.2, 0.25) is 0 Å². The number of nitrogens with one attached hydrogen (secondary N) is 1. The fourth-order valence-electron chi connectivity index (χ4n) is 2.80. The lowest BCUT2D eigenvalue weighted by atomic mass is 9.97. The zero-order valence-electron chi connectivity index (χ0n) is 13.0. The van der Waals surface area contributed by atoms with Crippen LogP contribution in [0.5, 0.6) is 0 Å². The highest BCUT2D eigenvalue weighted by Crippen LogP contribution is 2.24. The largest absolute Gasteiger partial charge is 0.339 e. The molecule has 1 aromatic rings. The Kier molecular flexibility index (Phi) is 4.99. The van der Waals surface area contributed by atoms with Gasteiger partial charge in [0.1, 0.15) is 12.1 Å². The first-order valence-electron chi connectivity index (χ1n) is 7.70. The molecule has 2 amide bonds. The Morgan fingerprint density at radius 1 is 1.19 bits per heavy atom. The molecule has 21 heavy (non-hydrogen) atoms. The summed E-state index contributed by atoms with van der Waals surface area (Å²) in [7, 11) is 0. The van der Waals surface area contributed by atoms with E-state index in [4.69, 9.17) is 0 Å². The quantitative estimate of drug-likeness (QED) is 0.905. The van der Waals surface area contributed by atoms with Crippen LogP contribution in [-0.4, -0.2) is 29.3 Å². The molecule has 2 unspecified atom stereocenters. The summed E-state index contributed by atoms with van der Waals surface area (Å²) < 4.78 is 0. The maximum Gasteiger partial charge on any atom is 0.250 e. The van der Waals surface area contributed by atoms with Gasteiger partial charge >= 0.3 is 0 Å². The van der Waals surface area contributed by atoms with Gasteiger partial charge in [-0.15, -0.1) is 0 Å². The molecule has 1 aromatic carbocycles. The number of nitrogens with zero attached hydrogens (tertiary/aromatic N) is 1. The molecule has 2 atom stereocenters. The number of piperazine rings is 1. The number of carbonyl (C=O) groups excluding carboxylic acids is 2. The lowest BCUT2D eigenvalue weighted by Gasteiger charge is -2.40. The van der Waals surface area contributed by atoms with Crippen LogP contribution in [0, 0.1) is 5.92 Å². The molecule has 0 spiro atoms. The van der Waals surface area contributed by atoms with E-state index in [1.807, 2.05) is 37.3 Å². The van der Waals surface area contributed by atoms with Gasteiger partial charge in [-0.2, -0.15) is 0 Å². The SMILES string of the molecule is CCCC1C(=O)NC(c2ccccc2)C(=O)N1CC(C)C. The maximum absolute atomic E-state index is 12.8. The summed E-state index contributed by atoms with van der Waals surface area (Å²) in [6.45, 7) is 6.80. The van der Waals surface area contributed by atoms with Crippen LogP contribution in [0.25, 0.3) is 0 Å². The van der Waals surface area contributed by atoms with Crippen molar-refractivity contribution in [3.8, 4) is 0 Å². The molecule has 0 aliphatic carbocycles. The summed E-state index contributed by atoms with van der Waals surface area (Å²) in [5.74, 6) is 0.314. The molecule has 1 aliphatic heterocycles. The summed E-state index contributed by atoms with van der Waals surface area (Å²) in [5, 5.41) is 2.89. The van der Waals surface area contributed by atoms with Crippen molar-refractivity contribution in [2.75, 3.05) is 6.54 Å². The van der Waals surface area contributed by atoms with Crippen LogP contribution in [0.15, 0.2) is 30.3 Å². The molecule has 1 saturated heterocycles. The Hall–Kier alpha value is -1.84. The van der Waals surface area contributed by atoms with Gasteiger partial charge in [0.2, 0.25) is 11.8 Å². The number of benzene rings is 1. The van der Waals surface area contributed by atoms with Crippen molar-refractivity contribution in [2.45, 2.75) is 45.7 Å². The minimum absolute atomic E-state index is 0.00736. The Morgan fingerprint density at radius 2 is 1.86 bits per heavy atom. The van der Waals surface area contributed by atoms with Gasteiger partial charge in [0.15, 0.2) is 0 Å². The average Bonchev–Trinajstić information content (AvgIpc) is 2.47. The van der Waals surface area contributed by atoms with E-state index in [1.54, 1.807) is 4.90 Å². The Morgan fingerprint density at radius 3 is 2.43 bits per heavy atom. The second-order valence-electron chi connectivity index (χ2n) is 6.04. The second kappa shape index (κ2) is 6.74. The van der Waals surface area contributed by atoms with Gasteiger partial charge in [-0.3, -0.25) is 9.59 Å². The number of hydrogen-bond acceptors (Lipinski definition) is 2. The molecule has 0 saturated carbocycles. The molecule has 0 bridgehead atoms. The smallest absolute Gasteiger partial charge is 0.250 e. The first-order chi connectivity index (χ1) is 10.0. The Bertz CT molecular complexity index is 499. The topological polar surface area (TPSA) is 49.4 Å². The van der Waals surface area contributed by atoms with E-state index < -0.39 is 6.04 Å². The van der Waals surface area contributed by atoms with Crippen molar-refractivity contribution in [1.82, 2.24) is 10.2 Å². The van der Waals surface area contributed by atoms with E-state index >= 15 is 0 Å². The van der Waals surface area contributed by atoms with E-state index in [1.165, 1.54) is 0 Å². The fourth-order valence-corrected chi connectivity index (χ4v) is 2.80. The molecular formula is C17H24N2O2. The van der Waals surface area contributed by atoms with Crippen molar-refractivity contribution in [3.63, 3.8) is 0 Å². The number of rotatable bonds is 5. The predicted molar refractivity (Wildman–Crippen MR) is 82.6 cm³/mol. The lowest BCUT2D eigenvalue weighted by Crippen LogP contribution is -2.60. The lowest BCUT2D eigenvalue weighted by molar-refractivity contribution is -0.150. The predicted octanol–water partition coefficient (Wildman–Crippen LogP) is 2.51. The molecular weight excluding hydrogens is 264 g/mol. The summed E-state index contributed by atoms with van der Waals surface area (Å²) in [6.07, 6.45) is 1.60. The molecule has 4 nitrogen and oxygen atoms in total. The summed E-state index contributed by atoms with van der Waals surface area (Å²) in [5.41, 5.74) is 0.847. The minimum Gasteiger partial charge on any atom is -0.339 e. The van der Waals surface area contributed by atoms with Crippen LogP contribution in [0.3, 0.4) is 0 Å². The third-order valence-corrected chi connectivity index (χ3v) is 3.75. The van der Waals surface area contributed by atoms with Crippen LogP contribution in [0.4, 0.5) is 0 Å².